The molecule has 0 aromatic rings. The second-order valence-electron chi connectivity index (χ2n) is 10.4. The van der Waals surface area contributed by atoms with Crippen LogP contribution >= 0.6 is 12.6 Å². The highest BCUT2D eigenvalue weighted by atomic mass is 32.1. The summed E-state index contributed by atoms with van der Waals surface area (Å²) in [6, 6.07) is 0. The van der Waals surface area contributed by atoms with Crippen molar-refractivity contribution in [3.8, 4) is 0 Å². The molecular formula is C25H42S. The maximum absolute atomic E-state index is 5.23. The third-order valence-corrected chi connectivity index (χ3v) is 10.3. The topological polar surface area (TPSA) is 0 Å². The lowest BCUT2D eigenvalue weighted by atomic mass is 9.49. The first-order valence-corrected chi connectivity index (χ1v) is 12.4. The Morgan fingerprint density at radius 3 is 2.31 bits per heavy atom. The van der Waals surface area contributed by atoms with Crippen molar-refractivity contribution in [3.05, 3.63) is 11.6 Å². The van der Waals surface area contributed by atoms with Gasteiger partial charge in [-0.15, -0.1) is 0 Å². The van der Waals surface area contributed by atoms with Crippen molar-refractivity contribution in [3.63, 3.8) is 0 Å². The number of rotatable bonds is 1. The van der Waals surface area contributed by atoms with E-state index in [0.29, 0.717) is 10.2 Å². The van der Waals surface area contributed by atoms with Crippen LogP contribution in [0.25, 0.3) is 0 Å². The van der Waals surface area contributed by atoms with Gasteiger partial charge in [-0.05, 0) is 118 Å². The Kier molecular flexibility index (Phi) is 5.35. The summed E-state index contributed by atoms with van der Waals surface area (Å²) in [6.45, 7) is 8.91. The Hall–Kier alpha value is 0.0900. The van der Waals surface area contributed by atoms with Crippen molar-refractivity contribution in [2.45, 2.75) is 103 Å². The van der Waals surface area contributed by atoms with E-state index in [1.807, 2.05) is 13.8 Å². The molecule has 7 atom stereocenters. The molecule has 7 unspecified atom stereocenters. The number of hydrogen-bond acceptors (Lipinski definition) is 1. The smallest absolute Gasteiger partial charge is 0.0161 e. The van der Waals surface area contributed by atoms with Gasteiger partial charge in [0.2, 0.25) is 0 Å². The summed E-state index contributed by atoms with van der Waals surface area (Å²) in [5.41, 5.74) is 2.37. The van der Waals surface area contributed by atoms with Crippen LogP contribution in [0.3, 0.4) is 0 Å². The summed E-state index contributed by atoms with van der Waals surface area (Å²) in [6.07, 6.45) is 18.8. The molecule has 0 saturated heterocycles. The highest BCUT2D eigenvalue weighted by Gasteiger charge is 2.57. The van der Waals surface area contributed by atoms with E-state index in [1.165, 1.54) is 70.6 Å². The van der Waals surface area contributed by atoms with Gasteiger partial charge in [0.15, 0.2) is 0 Å². The van der Waals surface area contributed by atoms with Crippen LogP contribution < -0.4 is 0 Å². The summed E-state index contributed by atoms with van der Waals surface area (Å²) < 4.78 is 0.433. The molecule has 0 spiro atoms. The highest BCUT2D eigenvalue weighted by Crippen LogP contribution is 2.65. The van der Waals surface area contributed by atoms with E-state index < -0.39 is 0 Å². The quantitative estimate of drug-likeness (QED) is 0.353. The van der Waals surface area contributed by atoms with Crippen molar-refractivity contribution in [1.82, 2.24) is 0 Å². The highest BCUT2D eigenvalue weighted by molar-refractivity contribution is 7.81. The Bertz CT molecular complexity index is 546. The third-order valence-electron chi connectivity index (χ3n) is 9.58. The number of fused-ring (bicyclic) bond motifs is 5. The second-order valence-corrected chi connectivity index (χ2v) is 11.3. The third kappa shape index (κ3) is 2.94. The van der Waals surface area contributed by atoms with Gasteiger partial charge in [0, 0.05) is 4.75 Å². The molecule has 0 aliphatic heterocycles. The Morgan fingerprint density at radius 1 is 0.885 bits per heavy atom. The lowest BCUT2D eigenvalue weighted by Gasteiger charge is -2.57. The maximum Gasteiger partial charge on any atom is 0.0161 e. The fourth-order valence-electron chi connectivity index (χ4n) is 8.22. The van der Waals surface area contributed by atoms with Gasteiger partial charge < -0.3 is 0 Å². The van der Waals surface area contributed by atoms with E-state index in [4.69, 9.17) is 12.6 Å². The monoisotopic (exact) mass is 374 g/mol. The molecular weight excluding hydrogens is 332 g/mol. The molecule has 5 fully saturated rings. The number of allylic oxidation sites excluding steroid dienone is 2. The summed E-state index contributed by atoms with van der Waals surface area (Å²) in [5.74, 6) is 6.17. The average Bonchev–Trinajstić information content (AvgIpc) is 3.46. The molecule has 26 heavy (non-hydrogen) atoms. The van der Waals surface area contributed by atoms with E-state index >= 15 is 0 Å². The molecule has 5 saturated carbocycles. The van der Waals surface area contributed by atoms with Gasteiger partial charge in [-0.2, -0.15) is 12.6 Å². The summed E-state index contributed by atoms with van der Waals surface area (Å²) in [4.78, 5) is 0. The summed E-state index contributed by atoms with van der Waals surface area (Å²) in [5, 5.41) is 0. The van der Waals surface area contributed by atoms with Crippen LogP contribution in [-0.2, 0) is 0 Å². The molecule has 5 rings (SSSR count). The van der Waals surface area contributed by atoms with E-state index in [1.54, 1.807) is 5.57 Å². The van der Waals surface area contributed by atoms with Gasteiger partial charge in [0.05, 0.1) is 0 Å². The molecule has 0 amide bonds. The molecule has 0 bridgehead atoms. The first kappa shape index (κ1) is 19.4. The van der Waals surface area contributed by atoms with E-state index in [9.17, 15) is 0 Å². The zero-order valence-corrected chi connectivity index (χ0v) is 18.7. The first-order valence-electron chi connectivity index (χ1n) is 11.9. The SMILES string of the molecule is C/C=C1/CCC2C3CCC4CC(S)(C5CC5)CCC4C3CCC12C.CC. The van der Waals surface area contributed by atoms with Crippen LogP contribution in [0, 0.1) is 40.9 Å². The van der Waals surface area contributed by atoms with Gasteiger partial charge >= 0.3 is 0 Å². The maximum atomic E-state index is 5.23. The molecule has 0 aromatic carbocycles. The standard InChI is InChI=1S/C23H36S.C2H6/c1-3-16-7-9-21-20-8-4-15-14-23(24,17-5-6-17)13-11-18(15)19(20)10-12-22(16,21)2;1-2/h3,15,17-21,24H,4-14H2,1-2H3;1-2H3/b16-3-;. The molecule has 0 N–H and O–H groups in total. The van der Waals surface area contributed by atoms with E-state index in [2.05, 4.69) is 19.9 Å². The van der Waals surface area contributed by atoms with Crippen molar-refractivity contribution in [2.75, 3.05) is 0 Å². The minimum absolute atomic E-state index is 0.433. The first-order chi connectivity index (χ1) is 12.5. The molecule has 0 nitrogen and oxygen atoms in total. The van der Waals surface area contributed by atoms with Crippen LogP contribution in [0.4, 0.5) is 0 Å². The van der Waals surface area contributed by atoms with Gasteiger partial charge in [0.1, 0.15) is 0 Å². The number of hydrogen-bond donors (Lipinski definition) is 1. The van der Waals surface area contributed by atoms with E-state index in [0.717, 1.165) is 35.5 Å². The lowest BCUT2D eigenvalue weighted by Crippen LogP contribution is -2.49. The van der Waals surface area contributed by atoms with Gasteiger partial charge in [-0.25, -0.2) is 0 Å². The van der Waals surface area contributed by atoms with Crippen molar-refractivity contribution in [1.29, 1.82) is 0 Å². The summed E-state index contributed by atoms with van der Waals surface area (Å²) in [7, 11) is 0. The van der Waals surface area contributed by atoms with Crippen LogP contribution in [-0.4, -0.2) is 4.75 Å². The zero-order valence-electron chi connectivity index (χ0n) is 17.8. The molecule has 0 aromatic heterocycles. The molecule has 148 valence electrons. The predicted molar refractivity (Wildman–Crippen MR) is 117 cm³/mol. The van der Waals surface area contributed by atoms with E-state index in [-0.39, 0.29) is 0 Å². The fraction of sp³-hybridized carbons (Fsp3) is 0.920. The lowest BCUT2D eigenvalue weighted by molar-refractivity contribution is -0.0463. The molecule has 5 aliphatic carbocycles. The normalized spacial score (nSPS) is 51.7. The molecule has 1 heteroatoms. The van der Waals surface area contributed by atoms with Crippen molar-refractivity contribution in [2.24, 2.45) is 40.9 Å². The fourth-order valence-corrected chi connectivity index (χ4v) is 8.85. The van der Waals surface area contributed by atoms with Gasteiger partial charge in [0.25, 0.3) is 0 Å². The predicted octanol–water partition coefficient (Wildman–Crippen LogP) is 7.69. The average molecular weight is 375 g/mol. The van der Waals surface area contributed by atoms with Crippen molar-refractivity contribution < 1.29 is 0 Å². The molecule has 5 aliphatic rings. The summed E-state index contributed by atoms with van der Waals surface area (Å²) >= 11 is 5.23. The van der Waals surface area contributed by atoms with Crippen LogP contribution in [0.2, 0.25) is 0 Å². The second kappa shape index (κ2) is 7.16. The minimum Gasteiger partial charge on any atom is -0.172 e. The largest absolute Gasteiger partial charge is 0.172 e. The number of thiol groups is 1. The van der Waals surface area contributed by atoms with Crippen LogP contribution in [0.15, 0.2) is 11.6 Å². The zero-order chi connectivity index (χ0) is 18.5. The Morgan fingerprint density at radius 2 is 1.62 bits per heavy atom. The van der Waals surface area contributed by atoms with Gasteiger partial charge in [-0.1, -0.05) is 32.4 Å². The minimum atomic E-state index is 0.433. The van der Waals surface area contributed by atoms with Crippen LogP contribution in [0.1, 0.15) is 98.3 Å². The van der Waals surface area contributed by atoms with Gasteiger partial charge in [-0.3, -0.25) is 0 Å². The Balaban J connectivity index is 0.000000814. The molecule has 0 heterocycles. The molecule has 0 radical (unpaired) electrons. The van der Waals surface area contributed by atoms with Crippen LogP contribution in [0.5, 0.6) is 0 Å². The Labute approximate surface area is 168 Å². The van der Waals surface area contributed by atoms with Crippen molar-refractivity contribution >= 4 is 12.6 Å².